The van der Waals surface area contributed by atoms with E-state index in [1.807, 2.05) is 4.90 Å². The van der Waals surface area contributed by atoms with Crippen LogP contribution in [0.3, 0.4) is 0 Å². The Morgan fingerprint density at radius 2 is 2.17 bits per heavy atom. The second-order valence-corrected chi connectivity index (χ2v) is 5.68. The molecule has 96 valence electrons. The van der Waals surface area contributed by atoms with Crippen molar-refractivity contribution in [2.45, 2.75) is 32.2 Å². The predicted molar refractivity (Wildman–Crippen MR) is 73.0 cm³/mol. The van der Waals surface area contributed by atoms with Crippen LogP contribution in [0, 0.1) is 6.92 Å². The van der Waals surface area contributed by atoms with Gasteiger partial charge in [0.15, 0.2) is 0 Å². The Hall–Kier alpha value is -1.35. The molecule has 1 amide bonds. The summed E-state index contributed by atoms with van der Waals surface area (Å²) in [5.74, 6) is 0.666. The summed E-state index contributed by atoms with van der Waals surface area (Å²) < 4.78 is 0. The predicted octanol–water partition coefficient (Wildman–Crippen LogP) is 2.15. The standard InChI is InChI=1S/C15H20N2O/c1-10-4-5-14-12(8-10)13-9-16(3)7-6-15(13)17(14)11(2)18/h4-5,8,13,15H,6-7,9H2,1-3H3. The first-order valence-corrected chi connectivity index (χ1v) is 6.67. The van der Waals surface area contributed by atoms with E-state index < -0.39 is 0 Å². The minimum Gasteiger partial charge on any atom is -0.309 e. The number of carbonyl (C=O) groups is 1. The SMILES string of the molecule is CC(=O)N1c2ccc(C)cc2C2CN(C)CCC21. The van der Waals surface area contributed by atoms with Gasteiger partial charge in [-0.2, -0.15) is 0 Å². The van der Waals surface area contributed by atoms with Gasteiger partial charge in [0.05, 0.1) is 0 Å². The van der Waals surface area contributed by atoms with Crippen molar-refractivity contribution in [2.24, 2.45) is 0 Å². The molecule has 1 aromatic rings. The lowest BCUT2D eigenvalue weighted by molar-refractivity contribution is -0.117. The summed E-state index contributed by atoms with van der Waals surface area (Å²) in [6.07, 6.45) is 1.08. The number of likely N-dealkylation sites (N-methyl/N-ethyl adjacent to an activating group) is 1. The van der Waals surface area contributed by atoms with E-state index in [0.29, 0.717) is 12.0 Å². The van der Waals surface area contributed by atoms with Crippen LogP contribution in [0.25, 0.3) is 0 Å². The lowest BCUT2D eigenvalue weighted by Gasteiger charge is -2.36. The molecule has 0 N–H and O–H groups in total. The second-order valence-electron chi connectivity index (χ2n) is 5.68. The largest absolute Gasteiger partial charge is 0.309 e. The van der Waals surface area contributed by atoms with Gasteiger partial charge in [-0.1, -0.05) is 17.7 Å². The molecule has 0 aliphatic carbocycles. The van der Waals surface area contributed by atoms with Crippen LogP contribution < -0.4 is 4.90 Å². The highest BCUT2D eigenvalue weighted by Crippen LogP contribution is 2.44. The second kappa shape index (κ2) is 4.09. The summed E-state index contributed by atoms with van der Waals surface area (Å²) in [4.78, 5) is 16.3. The van der Waals surface area contributed by atoms with E-state index in [4.69, 9.17) is 0 Å². The summed E-state index contributed by atoms with van der Waals surface area (Å²) in [5, 5.41) is 0. The monoisotopic (exact) mass is 244 g/mol. The molecule has 1 saturated heterocycles. The Balaban J connectivity index is 2.09. The van der Waals surface area contributed by atoms with Gasteiger partial charge >= 0.3 is 0 Å². The van der Waals surface area contributed by atoms with Crippen molar-refractivity contribution in [3.63, 3.8) is 0 Å². The molecule has 0 radical (unpaired) electrons. The number of rotatable bonds is 0. The zero-order valence-corrected chi connectivity index (χ0v) is 11.3. The van der Waals surface area contributed by atoms with Gasteiger partial charge < -0.3 is 9.80 Å². The molecule has 2 atom stereocenters. The first kappa shape index (κ1) is 11.7. The summed E-state index contributed by atoms with van der Waals surface area (Å²) >= 11 is 0. The number of nitrogens with zero attached hydrogens (tertiary/aromatic N) is 2. The molecule has 2 aliphatic rings. The Bertz CT molecular complexity index is 497. The van der Waals surface area contributed by atoms with Crippen LogP contribution in [0.2, 0.25) is 0 Å². The normalized spacial score (nSPS) is 26.9. The average molecular weight is 244 g/mol. The van der Waals surface area contributed by atoms with Gasteiger partial charge in [0.2, 0.25) is 5.91 Å². The zero-order valence-electron chi connectivity index (χ0n) is 11.3. The van der Waals surface area contributed by atoms with Crippen LogP contribution in [0.15, 0.2) is 18.2 Å². The number of likely N-dealkylation sites (tertiary alicyclic amines) is 1. The third-order valence-corrected chi connectivity index (χ3v) is 4.29. The van der Waals surface area contributed by atoms with Gasteiger partial charge in [-0.15, -0.1) is 0 Å². The molecule has 1 fully saturated rings. The van der Waals surface area contributed by atoms with E-state index in [2.05, 4.69) is 37.1 Å². The van der Waals surface area contributed by atoms with E-state index >= 15 is 0 Å². The van der Waals surface area contributed by atoms with Crippen molar-refractivity contribution in [1.82, 2.24) is 4.90 Å². The Kier molecular flexibility index (Phi) is 2.67. The fraction of sp³-hybridized carbons (Fsp3) is 0.533. The zero-order chi connectivity index (χ0) is 12.9. The third-order valence-electron chi connectivity index (χ3n) is 4.29. The summed E-state index contributed by atoms with van der Waals surface area (Å²) in [7, 11) is 2.17. The molecule has 3 heteroatoms. The fourth-order valence-corrected chi connectivity index (χ4v) is 3.49. The van der Waals surface area contributed by atoms with Crippen molar-refractivity contribution in [1.29, 1.82) is 0 Å². The van der Waals surface area contributed by atoms with Gasteiger partial charge in [0, 0.05) is 31.1 Å². The molecule has 0 aromatic heterocycles. The highest BCUT2D eigenvalue weighted by molar-refractivity contribution is 5.95. The number of aryl methyl sites for hydroxylation is 1. The average Bonchev–Trinajstić information content (AvgIpc) is 2.62. The van der Waals surface area contributed by atoms with E-state index in [0.717, 1.165) is 25.2 Å². The molecule has 2 heterocycles. The number of anilines is 1. The molecule has 0 spiro atoms. The van der Waals surface area contributed by atoms with Crippen LogP contribution in [0.4, 0.5) is 5.69 Å². The Labute approximate surface area is 108 Å². The lowest BCUT2D eigenvalue weighted by Crippen LogP contribution is -2.46. The van der Waals surface area contributed by atoms with Crippen LogP contribution in [-0.4, -0.2) is 37.0 Å². The van der Waals surface area contributed by atoms with Crippen molar-refractivity contribution < 1.29 is 4.79 Å². The molecular formula is C15H20N2O. The van der Waals surface area contributed by atoms with E-state index in [1.54, 1.807) is 6.92 Å². The number of benzene rings is 1. The maximum atomic E-state index is 11.9. The van der Waals surface area contributed by atoms with E-state index in [9.17, 15) is 4.79 Å². The third kappa shape index (κ3) is 1.65. The van der Waals surface area contributed by atoms with Crippen molar-refractivity contribution in [3.8, 4) is 0 Å². The number of hydrogen-bond donors (Lipinski definition) is 0. The highest BCUT2D eigenvalue weighted by atomic mass is 16.2. The van der Waals surface area contributed by atoms with Crippen molar-refractivity contribution in [3.05, 3.63) is 29.3 Å². The molecule has 2 unspecified atom stereocenters. The number of hydrogen-bond acceptors (Lipinski definition) is 2. The van der Waals surface area contributed by atoms with Gasteiger partial charge in [0.25, 0.3) is 0 Å². The van der Waals surface area contributed by atoms with Crippen molar-refractivity contribution >= 4 is 11.6 Å². The molecule has 0 saturated carbocycles. The molecule has 3 nitrogen and oxygen atoms in total. The van der Waals surface area contributed by atoms with E-state index in [-0.39, 0.29) is 5.91 Å². The molecular weight excluding hydrogens is 224 g/mol. The Morgan fingerprint density at radius 3 is 2.89 bits per heavy atom. The van der Waals surface area contributed by atoms with Crippen LogP contribution in [-0.2, 0) is 4.79 Å². The maximum Gasteiger partial charge on any atom is 0.224 e. The van der Waals surface area contributed by atoms with E-state index in [1.165, 1.54) is 11.1 Å². The Morgan fingerprint density at radius 1 is 1.39 bits per heavy atom. The smallest absolute Gasteiger partial charge is 0.224 e. The van der Waals surface area contributed by atoms with Crippen LogP contribution in [0.5, 0.6) is 0 Å². The first-order valence-electron chi connectivity index (χ1n) is 6.67. The number of piperidine rings is 1. The number of fused-ring (bicyclic) bond motifs is 3. The highest BCUT2D eigenvalue weighted by Gasteiger charge is 2.42. The topological polar surface area (TPSA) is 23.6 Å². The fourth-order valence-electron chi connectivity index (χ4n) is 3.49. The van der Waals surface area contributed by atoms with Gasteiger partial charge in [-0.25, -0.2) is 0 Å². The molecule has 2 aliphatic heterocycles. The first-order chi connectivity index (χ1) is 8.58. The molecule has 1 aromatic carbocycles. The number of amides is 1. The van der Waals surface area contributed by atoms with Gasteiger partial charge in [-0.05, 0) is 38.6 Å². The minimum absolute atomic E-state index is 0.178. The number of carbonyl (C=O) groups excluding carboxylic acids is 1. The van der Waals surface area contributed by atoms with Crippen LogP contribution in [0.1, 0.15) is 30.4 Å². The maximum absolute atomic E-state index is 11.9. The summed E-state index contributed by atoms with van der Waals surface area (Å²) in [5.41, 5.74) is 3.78. The van der Waals surface area contributed by atoms with Crippen molar-refractivity contribution in [2.75, 3.05) is 25.0 Å². The van der Waals surface area contributed by atoms with Crippen LogP contribution >= 0.6 is 0 Å². The molecule has 18 heavy (non-hydrogen) atoms. The summed E-state index contributed by atoms with van der Waals surface area (Å²) in [6, 6.07) is 6.85. The summed E-state index contributed by atoms with van der Waals surface area (Å²) in [6.45, 7) is 5.95. The van der Waals surface area contributed by atoms with Gasteiger partial charge in [0.1, 0.15) is 0 Å². The minimum atomic E-state index is 0.178. The quantitative estimate of drug-likeness (QED) is 0.698. The molecule has 3 rings (SSSR count). The van der Waals surface area contributed by atoms with Gasteiger partial charge in [-0.3, -0.25) is 4.79 Å². The lowest BCUT2D eigenvalue weighted by atomic mass is 9.89. The molecule has 0 bridgehead atoms.